The standard InChI is InChI=1S/C14H19ClN4/c1-9-14(15)13(18(2)17-9)8-19-6-10-4-3-5-12(16)11(10)7-19/h6-7,12H,3-5,8,16H2,1-2H3. The Bertz CT molecular complexity index is 611. The maximum absolute atomic E-state index is 6.30. The van der Waals surface area contributed by atoms with Crippen molar-refractivity contribution in [1.29, 1.82) is 0 Å². The van der Waals surface area contributed by atoms with Crippen molar-refractivity contribution in [3.63, 3.8) is 0 Å². The molecule has 1 aliphatic rings. The molecule has 0 aliphatic heterocycles. The highest BCUT2D eigenvalue weighted by Crippen LogP contribution is 2.29. The summed E-state index contributed by atoms with van der Waals surface area (Å²) in [4.78, 5) is 0. The Morgan fingerprint density at radius 1 is 1.47 bits per heavy atom. The van der Waals surface area contributed by atoms with Crippen LogP contribution in [-0.4, -0.2) is 14.3 Å². The van der Waals surface area contributed by atoms with Crippen LogP contribution in [0.5, 0.6) is 0 Å². The number of halogens is 1. The molecule has 0 radical (unpaired) electrons. The van der Waals surface area contributed by atoms with Gasteiger partial charge in [0.2, 0.25) is 0 Å². The fraction of sp³-hybridized carbons (Fsp3) is 0.500. The molecule has 0 spiro atoms. The van der Waals surface area contributed by atoms with Crippen molar-refractivity contribution < 1.29 is 0 Å². The maximum atomic E-state index is 6.30. The monoisotopic (exact) mass is 278 g/mol. The summed E-state index contributed by atoms with van der Waals surface area (Å²) < 4.78 is 4.04. The maximum Gasteiger partial charge on any atom is 0.0865 e. The summed E-state index contributed by atoms with van der Waals surface area (Å²) in [6.07, 6.45) is 7.77. The lowest BCUT2D eigenvalue weighted by atomic mass is 9.92. The molecule has 1 unspecified atom stereocenters. The fourth-order valence-corrected chi connectivity index (χ4v) is 3.12. The molecule has 19 heavy (non-hydrogen) atoms. The minimum absolute atomic E-state index is 0.189. The number of nitrogens with zero attached hydrogens (tertiary/aromatic N) is 3. The van der Waals surface area contributed by atoms with Gasteiger partial charge < -0.3 is 10.3 Å². The summed E-state index contributed by atoms with van der Waals surface area (Å²) >= 11 is 6.30. The Morgan fingerprint density at radius 2 is 2.26 bits per heavy atom. The van der Waals surface area contributed by atoms with Crippen LogP contribution >= 0.6 is 11.6 Å². The van der Waals surface area contributed by atoms with Gasteiger partial charge >= 0.3 is 0 Å². The molecule has 0 saturated carbocycles. The number of rotatable bonds is 2. The molecule has 1 atom stereocenters. The molecule has 4 nitrogen and oxygen atoms in total. The van der Waals surface area contributed by atoms with E-state index in [4.69, 9.17) is 17.3 Å². The molecule has 102 valence electrons. The zero-order valence-corrected chi connectivity index (χ0v) is 12.1. The van der Waals surface area contributed by atoms with Gasteiger partial charge in [-0.05, 0) is 37.3 Å². The summed E-state index contributed by atoms with van der Waals surface area (Å²) in [7, 11) is 1.93. The van der Waals surface area contributed by atoms with Gasteiger partial charge in [-0.2, -0.15) is 5.10 Å². The van der Waals surface area contributed by atoms with E-state index in [2.05, 4.69) is 22.1 Å². The van der Waals surface area contributed by atoms with Gasteiger partial charge in [0.1, 0.15) is 0 Å². The Morgan fingerprint density at radius 3 is 2.89 bits per heavy atom. The molecule has 0 saturated heterocycles. The first kappa shape index (κ1) is 12.8. The van der Waals surface area contributed by atoms with Gasteiger partial charge in [0.05, 0.1) is 23.0 Å². The predicted molar refractivity (Wildman–Crippen MR) is 76.4 cm³/mol. The van der Waals surface area contributed by atoms with Crippen LogP contribution < -0.4 is 5.73 Å². The van der Waals surface area contributed by atoms with Crippen LogP contribution in [0.25, 0.3) is 0 Å². The molecular weight excluding hydrogens is 260 g/mol. The van der Waals surface area contributed by atoms with E-state index in [9.17, 15) is 0 Å². The van der Waals surface area contributed by atoms with Crippen molar-refractivity contribution in [3.05, 3.63) is 39.9 Å². The molecular formula is C14H19ClN4. The molecule has 0 amide bonds. The highest BCUT2D eigenvalue weighted by molar-refractivity contribution is 6.31. The van der Waals surface area contributed by atoms with Crippen molar-refractivity contribution >= 4 is 11.6 Å². The van der Waals surface area contributed by atoms with E-state index >= 15 is 0 Å². The summed E-state index contributed by atoms with van der Waals surface area (Å²) in [6.45, 7) is 2.68. The van der Waals surface area contributed by atoms with E-state index in [1.54, 1.807) is 0 Å². The van der Waals surface area contributed by atoms with Crippen LogP contribution in [-0.2, 0) is 20.0 Å². The SMILES string of the molecule is Cc1nn(C)c(Cn2cc3c(c2)C(N)CCC3)c1Cl. The Labute approximate surface area is 118 Å². The third-order valence-corrected chi connectivity index (χ3v) is 4.44. The molecule has 0 fully saturated rings. The average Bonchev–Trinajstić information content (AvgIpc) is 2.88. The highest BCUT2D eigenvalue weighted by Gasteiger charge is 2.19. The van der Waals surface area contributed by atoms with Crippen molar-refractivity contribution in [2.75, 3.05) is 0 Å². The second kappa shape index (κ2) is 4.69. The molecule has 2 aromatic heterocycles. The second-order valence-corrected chi connectivity index (χ2v) is 5.76. The number of hydrogen-bond donors (Lipinski definition) is 1. The molecule has 0 aromatic carbocycles. The van der Waals surface area contributed by atoms with E-state index in [1.165, 1.54) is 17.5 Å². The smallest absolute Gasteiger partial charge is 0.0865 e. The van der Waals surface area contributed by atoms with Gasteiger partial charge in [-0.15, -0.1) is 0 Å². The average molecular weight is 279 g/mol. The molecule has 0 bridgehead atoms. The lowest BCUT2D eigenvalue weighted by Gasteiger charge is -2.17. The normalized spacial score (nSPS) is 18.6. The third-order valence-electron chi connectivity index (χ3n) is 3.95. The van der Waals surface area contributed by atoms with Crippen LogP contribution in [0.2, 0.25) is 5.02 Å². The summed E-state index contributed by atoms with van der Waals surface area (Å²) in [5, 5.41) is 5.11. The van der Waals surface area contributed by atoms with Gasteiger partial charge in [-0.1, -0.05) is 11.6 Å². The van der Waals surface area contributed by atoms with Crippen molar-refractivity contribution in [2.45, 2.75) is 38.8 Å². The Hall–Kier alpha value is -1.26. The van der Waals surface area contributed by atoms with Crippen LogP contribution in [0.3, 0.4) is 0 Å². The third kappa shape index (κ3) is 2.19. The van der Waals surface area contributed by atoms with Crippen LogP contribution in [0.4, 0.5) is 0 Å². The van der Waals surface area contributed by atoms with Gasteiger partial charge in [0.25, 0.3) is 0 Å². The molecule has 2 aromatic rings. The van der Waals surface area contributed by atoms with Crippen LogP contribution in [0.15, 0.2) is 12.4 Å². The van der Waals surface area contributed by atoms with Gasteiger partial charge in [-0.25, -0.2) is 0 Å². The van der Waals surface area contributed by atoms with E-state index in [0.717, 1.165) is 35.8 Å². The summed E-state index contributed by atoms with van der Waals surface area (Å²) in [5.41, 5.74) is 10.8. The molecule has 1 aliphatic carbocycles. The first-order valence-electron chi connectivity index (χ1n) is 6.68. The first-order valence-corrected chi connectivity index (χ1v) is 7.06. The zero-order chi connectivity index (χ0) is 13.6. The van der Waals surface area contributed by atoms with Crippen LogP contribution in [0.1, 0.15) is 41.4 Å². The predicted octanol–water partition coefficient (Wildman–Crippen LogP) is 2.57. The van der Waals surface area contributed by atoms with Gasteiger partial charge in [-0.3, -0.25) is 4.68 Å². The van der Waals surface area contributed by atoms with Crippen molar-refractivity contribution in [1.82, 2.24) is 14.3 Å². The topological polar surface area (TPSA) is 48.8 Å². The number of fused-ring (bicyclic) bond motifs is 1. The lowest BCUT2D eigenvalue weighted by molar-refractivity contribution is 0.573. The molecule has 2 N–H and O–H groups in total. The number of aryl methyl sites for hydroxylation is 3. The van der Waals surface area contributed by atoms with E-state index < -0.39 is 0 Å². The Kier molecular flexibility index (Phi) is 3.15. The van der Waals surface area contributed by atoms with E-state index in [0.29, 0.717) is 0 Å². The first-order chi connectivity index (χ1) is 9.06. The van der Waals surface area contributed by atoms with Crippen LogP contribution in [0, 0.1) is 6.92 Å². The Balaban J connectivity index is 1.92. The molecule has 3 rings (SSSR count). The second-order valence-electron chi connectivity index (χ2n) is 5.38. The largest absolute Gasteiger partial charge is 0.348 e. The van der Waals surface area contributed by atoms with E-state index in [1.807, 2.05) is 18.7 Å². The zero-order valence-electron chi connectivity index (χ0n) is 11.4. The number of nitrogens with two attached hydrogens (primary N) is 1. The summed E-state index contributed by atoms with van der Waals surface area (Å²) in [5.74, 6) is 0. The lowest BCUT2D eigenvalue weighted by Crippen LogP contribution is -2.15. The number of hydrogen-bond acceptors (Lipinski definition) is 2. The fourth-order valence-electron chi connectivity index (χ4n) is 2.90. The van der Waals surface area contributed by atoms with E-state index in [-0.39, 0.29) is 6.04 Å². The van der Waals surface area contributed by atoms with Crippen molar-refractivity contribution in [3.8, 4) is 0 Å². The van der Waals surface area contributed by atoms with Crippen molar-refractivity contribution in [2.24, 2.45) is 12.8 Å². The minimum Gasteiger partial charge on any atom is -0.348 e. The van der Waals surface area contributed by atoms with Gasteiger partial charge in [0.15, 0.2) is 0 Å². The van der Waals surface area contributed by atoms with Gasteiger partial charge in [0, 0.05) is 25.5 Å². The highest BCUT2D eigenvalue weighted by atomic mass is 35.5. The quantitative estimate of drug-likeness (QED) is 0.918. The minimum atomic E-state index is 0.189. The summed E-state index contributed by atoms with van der Waals surface area (Å²) in [6, 6.07) is 0.189. The molecule has 5 heteroatoms. The molecule has 2 heterocycles. The number of aromatic nitrogens is 3.